The second-order valence-corrected chi connectivity index (χ2v) is 8.70. The third kappa shape index (κ3) is 3.63. The molecule has 0 atom stereocenters. The molecule has 2 heterocycles. The highest BCUT2D eigenvalue weighted by Gasteiger charge is 2.28. The van der Waals surface area contributed by atoms with Crippen LogP contribution in [0, 0.1) is 6.92 Å². The minimum Gasteiger partial charge on any atom is -0.355 e. The Morgan fingerprint density at radius 2 is 1.82 bits per heavy atom. The summed E-state index contributed by atoms with van der Waals surface area (Å²) >= 11 is 0. The summed E-state index contributed by atoms with van der Waals surface area (Å²) in [5.41, 5.74) is 3.28. The van der Waals surface area contributed by atoms with E-state index in [1.54, 1.807) is 30.3 Å². The standard InChI is InChI=1S/C20H19N3O4S/c1-14-3-5-15(6-4-14)19-13-18(22-27-19)20(24)21-16-7-9-17(10-8-16)23-11-2-12-28(23,25)26/h3-10,13H,2,11-12H2,1H3,(H,21,24). The van der Waals surface area contributed by atoms with E-state index in [1.807, 2.05) is 31.2 Å². The molecular weight excluding hydrogens is 378 g/mol. The zero-order valence-electron chi connectivity index (χ0n) is 15.3. The number of carbonyl (C=O) groups excluding carboxylic acids is 1. The summed E-state index contributed by atoms with van der Waals surface area (Å²) in [5.74, 6) is 0.282. The SMILES string of the molecule is Cc1ccc(-c2cc(C(=O)Nc3ccc(N4CCCS4(=O)=O)cc3)no2)cc1. The lowest BCUT2D eigenvalue weighted by molar-refractivity contribution is 0.101. The molecule has 0 aliphatic carbocycles. The molecule has 2 aromatic carbocycles. The van der Waals surface area contributed by atoms with Gasteiger partial charge in [0.25, 0.3) is 5.91 Å². The minimum atomic E-state index is -3.22. The number of hydrogen-bond donors (Lipinski definition) is 1. The minimum absolute atomic E-state index is 0.168. The Bertz CT molecular complexity index is 1100. The fraction of sp³-hybridized carbons (Fsp3) is 0.200. The van der Waals surface area contributed by atoms with E-state index in [4.69, 9.17) is 4.52 Å². The van der Waals surface area contributed by atoms with Crippen LogP contribution in [-0.2, 0) is 10.0 Å². The molecule has 1 fully saturated rings. The topological polar surface area (TPSA) is 92.5 Å². The van der Waals surface area contributed by atoms with E-state index in [-0.39, 0.29) is 11.4 Å². The molecule has 1 N–H and O–H groups in total. The Morgan fingerprint density at radius 1 is 1.11 bits per heavy atom. The summed E-state index contributed by atoms with van der Waals surface area (Å²) in [5, 5.41) is 6.58. The molecule has 0 bridgehead atoms. The molecule has 1 aromatic heterocycles. The number of hydrogen-bond acceptors (Lipinski definition) is 5. The molecule has 0 unspecified atom stereocenters. The molecular formula is C20H19N3O4S. The van der Waals surface area contributed by atoms with Gasteiger partial charge in [-0.05, 0) is 37.6 Å². The quantitative estimate of drug-likeness (QED) is 0.728. The summed E-state index contributed by atoms with van der Waals surface area (Å²) in [7, 11) is -3.22. The first-order valence-corrected chi connectivity index (χ1v) is 10.5. The van der Waals surface area contributed by atoms with Gasteiger partial charge in [0.2, 0.25) is 10.0 Å². The lowest BCUT2D eigenvalue weighted by atomic mass is 10.1. The van der Waals surface area contributed by atoms with Crippen LogP contribution >= 0.6 is 0 Å². The Morgan fingerprint density at radius 3 is 2.46 bits per heavy atom. The molecule has 28 heavy (non-hydrogen) atoms. The summed E-state index contributed by atoms with van der Waals surface area (Å²) < 4.78 is 30.6. The van der Waals surface area contributed by atoms with Crippen LogP contribution in [0.4, 0.5) is 11.4 Å². The molecule has 8 heteroatoms. The van der Waals surface area contributed by atoms with Gasteiger partial charge in [-0.3, -0.25) is 9.10 Å². The summed E-state index contributed by atoms with van der Waals surface area (Å²) in [6.07, 6.45) is 0.621. The van der Waals surface area contributed by atoms with E-state index < -0.39 is 15.9 Å². The van der Waals surface area contributed by atoms with Crippen LogP contribution in [0.1, 0.15) is 22.5 Å². The maximum absolute atomic E-state index is 12.4. The molecule has 0 radical (unpaired) electrons. The maximum Gasteiger partial charge on any atom is 0.277 e. The molecule has 1 aliphatic heterocycles. The van der Waals surface area contributed by atoms with Gasteiger partial charge in [-0.25, -0.2) is 8.42 Å². The molecule has 0 saturated carbocycles. The first-order chi connectivity index (χ1) is 13.4. The third-order valence-corrected chi connectivity index (χ3v) is 6.46. The molecule has 3 aromatic rings. The molecule has 1 aliphatic rings. The summed E-state index contributed by atoms with van der Waals surface area (Å²) in [6, 6.07) is 16.0. The monoisotopic (exact) mass is 397 g/mol. The lowest BCUT2D eigenvalue weighted by Crippen LogP contribution is -2.25. The molecule has 1 saturated heterocycles. The van der Waals surface area contributed by atoms with E-state index >= 15 is 0 Å². The van der Waals surface area contributed by atoms with E-state index in [1.165, 1.54) is 4.31 Å². The van der Waals surface area contributed by atoms with Gasteiger partial charge in [0.1, 0.15) is 0 Å². The van der Waals surface area contributed by atoms with E-state index in [9.17, 15) is 13.2 Å². The van der Waals surface area contributed by atoms with Crippen molar-refractivity contribution in [1.82, 2.24) is 5.16 Å². The largest absolute Gasteiger partial charge is 0.355 e. The fourth-order valence-electron chi connectivity index (χ4n) is 3.07. The van der Waals surface area contributed by atoms with Crippen LogP contribution in [-0.4, -0.2) is 31.8 Å². The number of aromatic nitrogens is 1. The fourth-order valence-corrected chi connectivity index (χ4v) is 4.64. The smallest absolute Gasteiger partial charge is 0.277 e. The average molecular weight is 397 g/mol. The van der Waals surface area contributed by atoms with Crippen LogP contribution in [0.25, 0.3) is 11.3 Å². The highest BCUT2D eigenvalue weighted by molar-refractivity contribution is 7.93. The summed E-state index contributed by atoms with van der Waals surface area (Å²) in [6.45, 7) is 2.47. The van der Waals surface area contributed by atoms with Gasteiger partial charge >= 0.3 is 0 Å². The van der Waals surface area contributed by atoms with Crippen LogP contribution in [0.5, 0.6) is 0 Å². The van der Waals surface area contributed by atoms with Crippen molar-refractivity contribution in [3.63, 3.8) is 0 Å². The number of rotatable bonds is 4. The molecule has 4 rings (SSSR count). The van der Waals surface area contributed by atoms with Gasteiger partial charge in [-0.1, -0.05) is 35.0 Å². The highest BCUT2D eigenvalue weighted by atomic mass is 32.2. The van der Waals surface area contributed by atoms with E-state index in [0.717, 1.165) is 11.1 Å². The van der Waals surface area contributed by atoms with Gasteiger partial charge < -0.3 is 9.84 Å². The predicted octanol–water partition coefficient (Wildman–Crippen LogP) is 3.44. The first-order valence-electron chi connectivity index (χ1n) is 8.88. The van der Waals surface area contributed by atoms with Gasteiger partial charge in [-0.2, -0.15) is 0 Å². The van der Waals surface area contributed by atoms with E-state index in [2.05, 4.69) is 10.5 Å². The Balaban J connectivity index is 1.46. The maximum atomic E-state index is 12.4. The molecule has 0 spiro atoms. The Kier molecular flexibility index (Phi) is 4.64. The molecule has 1 amide bonds. The van der Waals surface area contributed by atoms with Gasteiger partial charge in [-0.15, -0.1) is 0 Å². The number of amides is 1. The van der Waals surface area contributed by atoms with Crippen molar-refractivity contribution >= 4 is 27.3 Å². The van der Waals surface area contributed by atoms with E-state index in [0.29, 0.717) is 30.1 Å². The number of carbonyl (C=O) groups is 1. The van der Waals surface area contributed by atoms with Gasteiger partial charge in [0, 0.05) is 23.9 Å². The number of nitrogens with zero attached hydrogens (tertiary/aromatic N) is 2. The second-order valence-electron chi connectivity index (χ2n) is 6.69. The van der Waals surface area contributed by atoms with Crippen LogP contribution < -0.4 is 9.62 Å². The highest BCUT2D eigenvalue weighted by Crippen LogP contribution is 2.26. The van der Waals surface area contributed by atoms with Crippen molar-refractivity contribution in [2.24, 2.45) is 0 Å². The van der Waals surface area contributed by atoms with Crippen molar-refractivity contribution in [3.05, 3.63) is 65.9 Å². The Hall–Kier alpha value is -3.13. The average Bonchev–Trinajstić information content (AvgIpc) is 3.30. The molecule has 144 valence electrons. The third-order valence-electron chi connectivity index (χ3n) is 4.59. The zero-order chi connectivity index (χ0) is 19.7. The number of nitrogens with one attached hydrogen (secondary N) is 1. The summed E-state index contributed by atoms with van der Waals surface area (Å²) in [4.78, 5) is 12.4. The van der Waals surface area contributed by atoms with Crippen molar-refractivity contribution in [2.75, 3.05) is 21.9 Å². The van der Waals surface area contributed by atoms with Gasteiger partial charge in [0.05, 0.1) is 11.4 Å². The van der Waals surface area contributed by atoms with Crippen molar-refractivity contribution in [1.29, 1.82) is 0 Å². The number of anilines is 2. The van der Waals surface area contributed by atoms with Crippen LogP contribution in [0.15, 0.2) is 59.1 Å². The lowest BCUT2D eigenvalue weighted by Gasteiger charge is -2.17. The molecule has 7 nitrogen and oxygen atoms in total. The van der Waals surface area contributed by atoms with Crippen molar-refractivity contribution in [2.45, 2.75) is 13.3 Å². The van der Waals surface area contributed by atoms with Crippen LogP contribution in [0.3, 0.4) is 0 Å². The normalized spacial score (nSPS) is 15.5. The number of benzene rings is 2. The zero-order valence-corrected chi connectivity index (χ0v) is 16.1. The first kappa shape index (κ1) is 18.2. The predicted molar refractivity (Wildman–Crippen MR) is 107 cm³/mol. The number of aryl methyl sites for hydroxylation is 1. The number of sulfonamides is 1. The van der Waals surface area contributed by atoms with Crippen molar-refractivity contribution in [3.8, 4) is 11.3 Å². The second kappa shape index (κ2) is 7.12. The van der Waals surface area contributed by atoms with Crippen LogP contribution in [0.2, 0.25) is 0 Å². The van der Waals surface area contributed by atoms with Crippen molar-refractivity contribution < 1.29 is 17.7 Å². The Labute approximate surface area is 163 Å². The van der Waals surface area contributed by atoms with Gasteiger partial charge in [0.15, 0.2) is 11.5 Å².